The number of Topliss-reactive ketones (excluding diaryl/α,β-unsaturated/α-hetero) is 1. The molecular formula is C14H16O3. The Bertz CT molecular complexity index is 411. The lowest BCUT2D eigenvalue weighted by molar-refractivity contribution is -0.144. The van der Waals surface area contributed by atoms with Crippen LogP contribution < -0.4 is 0 Å². The minimum Gasteiger partial charge on any atom is -0.481 e. The van der Waals surface area contributed by atoms with Gasteiger partial charge in [-0.25, -0.2) is 0 Å². The molecule has 1 aliphatic rings. The third-order valence-corrected chi connectivity index (χ3v) is 3.48. The van der Waals surface area contributed by atoms with E-state index in [1.807, 2.05) is 18.2 Å². The van der Waals surface area contributed by atoms with Crippen molar-refractivity contribution in [3.05, 3.63) is 35.9 Å². The van der Waals surface area contributed by atoms with Gasteiger partial charge in [0.15, 0.2) is 5.78 Å². The van der Waals surface area contributed by atoms with E-state index in [1.165, 1.54) is 0 Å². The van der Waals surface area contributed by atoms with E-state index in [0.29, 0.717) is 18.4 Å². The Labute approximate surface area is 100 Å². The van der Waals surface area contributed by atoms with Crippen LogP contribution in [0.2, 0.25) is 0 Å². The molecule has 1 saturated carbocycles. The lowest BCUT2D eigenvalue weighted by Crippen LogP contribution is -2.32. The first-order valence-corrected chi connectivity index (χ1v) is 6.02. The molecule has 3 heteroatoms. The number of hydrogen-bond donors (Lipinski definition) is 1. The summed E-state index contributed by atoms with van der Waals surface area (Å²) in [4.78, 5) is 23.4. The fourth-order valence-corrected chi connectivity index (χ4v) is 2.56. The van der Waals surface area contributed by atoms with Crippen molar-refractivity contribution in [1.82, 2.24) is 0 Å². The van der Waals surface area contributed by atoms with Gasteiger partial charge in [-0.05, 0) is 12.8 Å². The topological polar surface area (TPSA) is 54.4 Å². The van der Waals surface area contributed by atoms with Gasteiger partial charge in [0.1, 0.15) is 0 Å². The maximum Gasteiger partial charge on any atom is 0.307 e. The lowest BCUT2D eigenvalue weighted by atomic mass is 9.75. The maximum atomic E-state index is 12.3. The molecule has 1 fully saturated rings. The highest BCUT2D eigenvalue weighted by molar-refractivity contribution is 5.99. The van der Waals surface area contributed by atoms with E-state index in [1.54, 1.807) is 12.1 Å². The van der Waals surface area contributed by atoms with Crippen molar-refractivity contribution in [3.63, 3.8) is 0 Å². The first-order valence-electron chi connectivity index (χ1n) is 6.02. The van der Waals surface area contributed by atoms with Crippen LogP contribution in [-0.2, 0) is 4.79 Å². The number of benzene rings is 1. The van der Waals surface area contributed by atoms with Crippen LogP contribution in [0.4, 0.5) is 0 Å². The van der Waals surface area contributed by atoms with E-state index in [-0.39, 0.29) is 11.7 Å². The van der Waals surface area contributed by atoms with E-state index in [0.717, 1.165) is 12.8 Å². The van der Waals surface area contributed by atoms with Crippen LogP contribution in [0.5, 0.6) is 0 Å². The summed E-state index contributed by atoms with van der Waals surface area (Å²) in [6, 6.07) is 9.00. The third kappa shape index (κ3) is 2.54. The van der Waals surface area contributed by atoms with Gasteiger partial charge in [-0.15, -0.1) is 0 Å². The van der Waals surface area contributed by atoms with Gasteiger partial charge in [-0.3, -0.25) is 9.59 Å². The molecule has 90 valence electrons. The second-order valence-electron chi connectivity index (χ2n) is 4.57. The Morgan fingerprint density at radius 2 is 1.59 bits per heavy atom. The first-order chi connectivity index (χ1) is 8.20. The van der Waals surface area contributed by atoms with Crippen LogP contribution in [0.15, 0.2) is 30.3 Å². The van der Waals surface area contributed by atoms with Gasteiger partial charge < -0.3 is 5.11 Å². The monoisotopic (exact) mass is 232 g/mol. The maximum absolute atomic E-state index is 12.3. The number of carbonyl (C=O) groups excluding carboxylic acids is 1. The summed E-state index contributed by atoms with van der Waals surface area (Å²) in [7, 11) is 0. The Morgan fingerprint density at radius 3 is 2.18 bits per heavy atom. The molecule has 17 heavy (non-hydrogen) atoms. The van der Waals surface area contributed by atoms with Crippen LogP contribution >= 0.6 is 0 Å². The summed E-state index contributed by atoms with van der Waals surface area (Å²) in [5, 5.41) is 9.15. The predicted octanol–water partition coefficient (Wildman–Crippen LogP) is 2.76. The highest BCUT2D eigenvalue weighted by Gasteiger charge is 2.35. The number of aliphatic carboxylic acids is 1. The zero-order chi connectivity index (χ0) is 12.3. The van der Waals surface area contributed by atoms with Gasteiger partial charge in [0, 0.05) is 11.5 Å². The molecule has 0 aliphatic heterocycles. The van der Waals surface area contributed by atoms with Gasteiger partial charge in [0.25, 0.3) is 0 Å². The standard InChI is InChI=1S/C14H16O3/c15-13(10-6-2-1-3-7-10)11-8-4-5-9-12(11)14(16)17/h1-3,6-7,11-12H,4-5,8-9H2,(H,16,17). The SMILES string of the molecule is O=C(O)C1CCCCC1C(=O)c1ccccc1. The van der Waals surface area contributed by atoms with Crippen molar-refractivity contribution >= 4 is 11.8 Å². The fourth-order valence-electron chi connectivity index (χ4n) is 2.56. The van der Waals surface area contributed by atoms with E-state index in [4.69, 9.17) is 5.11 Å². The predicted molar refractivity (Wildman–Crippen MR) is 63.9 cm³/mol. The summed E-state index contributed by atoms with van der Waals surface area (Å²) in [6.07, 6.45) is 3.19. The highest BCUT2D eigenvalue weighted by atomic mass is 16.4. The molecule has 0 aromatic heterocycles. The number of ketones is 1. The molecular weight excluding hydrogens is 216 g/mol. The molecule has 1 N–H and O–H groups in total. The largest absolute Gasteiger partial charge is 0.481 e. The molecule has 3 nitrogen and oxygen atoms in total. The van der Waals surface area contributed by atoms with Crippen LogP contribution in [0.25, 0.3) is 0 Å². The zero-order valence-corrected chi connectivity index (χ0v) is 9.63. The van der Waals surface area contributed by atoms with Crippen LogP contribution in [0, 0.1) is 11.8 Å². The molecule has 2 unspecified atom stereocenters. The molecule has 0 heterocycles. The van der Waals surface area contributed by atoms with Crippen LogP contribution in [-0.4, -0.2) is 16.9 Å². The van der Waals surface area contributed by atoms with Crippen LogP contribution in [0.1, 0.15) is 36.0 Å². The van der Waals surface area contributed by atoms with Crippen molar-refractivity contribution in [2.45, 2.75) is 25.7 Å². The number of carboxylic acids is 1. The molecule has 0 amide bonds. The summed E-state index contributed by atoms with van der Waals surface area (Å²) in [6.45, 7) is 0. The molecule has 1 aliphatic carbocycles. The van der Waals surface area contributed by atoms with Gasteiger partial charge >= 0.3 is 5.97 Å². The average Bonchev–Trinajstić information content (AvgIpc) is 2.39. The summed E-state index contributed by atoms with van der Waals surface area (Å²) < 4.78 is 0. The molecule has 1 aromatic rings. The molecule has 0 radical (unpaired) electrons. The van der Waals surface area contributed by atoms with Crippen LogP contribution in [0.3, 0.4) is 0 Å². The summed E-state index contributed by atoms with van der Waals surface area (Å²) >= 11 is 0. The minimum atomic E-state index is -0.834. The number of carbonyl (C=O) groups is 2. The second kappa shape index (κ2) is 5.13. The normalized spacial score (nSPS) is 24.2. The molecule has 0 saturated heterocycles. The molecule has 2 rings (SSSR count). The smallest absolute Gasteiger partial charge is 0.307 e. The van der Waals surface area contributed by atoms with Crippen molar-refractivity contribution in [2.75, 3.05) is 0 Å². The van der Waals surface area contributed by atoms with E-state index in [9.17, 15) is 9.59 Å². The number of hydrogen-bond acceptors (Lipinski definition) is 2. The Kier molecular flexibility index (Phi) is 3.57. The Morgan fingerprint density at radius 1 is 1.00 bits per heavy atom. The van der Waals surface area contributed by atoms with E-state index < -0.39 is 11.9 Å². The summed E-state index contributed by atoms with van der Waals surface area (Å²) in [5.74, 6) is -1.70. The van der Waals surface area contributed by atoms with E-state index in [2.05, 4.69) is 0 Å². The Balaban J connectivity index is 2.20. The molecule has 2 atom stereocenters. The second-order valence-corrected chi connectivity index (χ2v) is 4.57. The number of rotatable bonds is 3. The fraction of sp³-hybridized carbons (Fsp3) is 0.429. The minimum absolute atomic E-state index is 0.0160. The quantitative estimate of drug-likeness (QED) is 0.815. The third-order valence-electron chi connectivity index (χ3n) is 3.48. The molecule has 0 bridgehead atoms. The van der Waals surface area contributed by atoms with Crippen molar-refractivity contribution in [3.8, 4) is 0 Å². The van der Waals surface area contributed by atoms with Gasteiger partial charge in [-0.1, -0.05) is 43.2 Å². The zero-order valence-electron chi connectivity index (χ0n) is 9.63. The Hall–Kier alpha value is -1.64. The first kappa shape index (κ1) is 11.8. The lowest BCUT2D eigenvalue weighted by Gasteiger charge is -2.27. The summed E-state index contributed by atoms with van der Waals surface area (Å²) in [5.41, 5.74) is 0.630. The van der Waals surface area contributed by atoms with E-state index >= 15 is 0 Å². The molecule has 0 spiro atoms. The van der Waals surface area contributed by atoms with Crippen molar-refractivity contribution in [2.24, 2.45) is 11.8 Å². The van der Waals surface area contributed by atoms with Crippen molar-refractivity contribution in [1.29, 1.82) is 0 Å². The van der Waals surface area contributed by atoms with Gasteiger partial charge in [0.2, 0.25) is 0 Å². The highest BCUT2D eigenvalue weighted by Crippen LogP contribution is 2.32. The average molecular weight is 232 g/mol. The molecule has 1 aromatic carbocycles. The van der Waals surface area contributed by atoms with Gasteiger partial charge in [-0.2, -0.15) is 0 Å². The van der Waals surface area contributed by atoms with Crippen molar-refractivity contribution < 1.29 is 14.7 Å². The number of carboxylic acid groups (broad SMARTS) is 1. The van der Waals surface area contributed by atoms with Gasteiger partial charge in [0.05, 0.1) is 5.92 Å².